The summed E-state index contributed by atoms with van der Waals surface area (Å²) >= 11 is 0. The second kappa shape index (κ2) is 6.68. The number of aliphatic hydroxyl groups is 1. The van der Waals surface area contributed by atoms with Gasteiger partial charge in [-0.1, -0.05) is 29.8 Å². The highest BCUT2D eigenvalue weighted by atomic mass is 32.2. The summed E-state index contributed by atoms with van der Waals surface area (Å²) in [6.45, 7) is 2.59. The van der Waals surface area contributed by atoms with Gasteiger partial charge in [0.1, 0.15) is 5.75 Å². The van der Waals surface area contributed by atoms with Crippen LogP contribution in [-0.2, 0) is 16.4 Å². The van der Waals surface area contributed by atoms with Gasteiger partial charge >= 0.3 is 0 Å². The Labute approximate surface area is 154 Å². The van der Waals surface area contributed by atoms with Gasteiger partial charge in [0.25, 0.3) is 0 Å². The zero-order valence-electron chi connectivity index (χ0n) is 14.7. The maximum absolute atomic E-state index is 12.9. The largest absolute Gasteiger partial charge is 0.493 e. The van der Waals surface area contributed by atoms with E-state index in [0.717, 1.165) is 28.9 Å². The minimum Gasteiger partial charge on any atom is -0.493 e. The molecule has 2 aromatic carbocycles. The number of aryl methyl sites for hydroxylation is 1. The molecule has 4 rings (SSSR count). The van der Waals surface area contributed by atoms with Crippen molar-refractivity contribution < 1.29 is 18.3 Å². The van der Waals surface area contributed by atoms with E-state index in [1.807, 2.05) is 25.1 Å². The molecule has 1 saturated carbocycles. The van der Waals surface area contributed by atoms with Crippen molar-refractivity contribution in [2.24, 2.45) is 5.92 Å². The molecule has 0 aromatic heterocycles. The molecule has 1 fully saturated rings. The lowest BCUT2D eigenvalue weighted by Gasteiger charge is -2.38. The Morgan fingerprint density at radius 3 is 2.58 bits per heavy atom. The van der Waals surface area contributed by atoms with Crippen LogP contribution in [0.4, 0.5) is 0 Å². The van der Waals surface area contributed by atoms with Crippen molar-refractivity contribution in [3.63, 3.8) is 0 Å². The van der Waals surface area contributed by atoms with Gasteiger partial charge in [-0.05, 0) is 55.0 Å². The molecule has 26 heavy (non-hydrogen) atoms. The molecule has 1 aliphatic carbocycles. The van der Waals surface area contributed by atoms with Gasteiger partial charge < -0.3 is 9.84 Å². The molecule has 6 heteroatoms. The van der Waals surface area contributed by atoms with Gasteiger partial charge in [0.2, 0.25) is 10.0 Å². The van der Waals surface area contributed by atoms with Crippen molar-refractivity contribution in [2.75, 3.05) is 6.61 Å². The number of hydrogen-bond donors (Lipinski definition) is 2. The molecule has 138 valence electrons. The first-order valence-electron chi connectivity index (χ1n) is 8.95. The minimum absolute atomic E-state index is 0.0885. The third kappa shape index (κ3) is 3.37. The smallest absolute Gasteiger partial charge is 0.241 e. The number of aliphatic hydroxyl groups excluding tert-OH is 1. The van der Waals surface area contributed by atoms with Crippen LogP contribution in [0.1, 0.15) is 35.6 Å². The molecule has 0 saturated heterocycles. The summed E-state index contributed by atoms with van der Waals surface area (Å²) in [5.74, 6) is 0.966. The molecule has 0 bridgehead atoms. The fraction of sp³-hybridized carbons (Fsp3) is 0.400. The standard InChI is InChI=1S/C20H23NO4S/c1-13-2-5-18(6-3-13)26(23,24)21-20(16-11-17(22)12-16)15-4-7-19-14(10-15)8-9-25-19/h2-7,10,16-17,20-22H,8-9,11-12H2,1H3/t16?,17?,20-/m0/s1. The van der Waals surface area contributed by atoms with E-state index in [2.05, 4.69) is 4.72 Å². The van der Waals surface area contributed by atoms with Crippen LogP contribution in [-0.4, -0.2) is 26.2 Å². The van der Waals surface area contributed by atoms with Gasteiger partial charge in [-0.15, -0.1) is 0 Å². The topological polar surface area (TPSA) is 75.6 Å². The molecular formula is C20H23NO4S. The average Bonchev–Trinajstić information content (AvgIpc) is 3.05. The lowest BCUT2D eigenvalue weighted by Crippen LogP contribution is -2.41. The fourth-order valence-electron chi connectivity index (χ4n) is 3.69. The van der Waals surface area contributed by atoms with E-state index in [0.29, 0.717) is 19.4 Å². The van der Waals surface area contributed by atoms with Crippen molar-refractivity contribution >= 4 is 10.0 Å². The lowest BCUT2D eigenvalue weighted by molar-refractivity contribution is 0.0280. The van der Waals surface area contributed by atoms with Gasteiger partial charge in [-0.2, -0.15) is 0 Å². The molecule has 1 atom stereocenters. The van der Waals surface area contributed by atoms with E-state index >= 15 is 0 Å². The number of fused-ring (bicyclic) bond motifs is 1. The van der Waals surface area contributed by atoms with E-state index < -0.39 is 10.0 Å². The SMILES string of the molecule is Cc1ccc(S(=O)(=O)N[C@@H](c2ccc3c(c2)CCO3)C2CC(O)C2)cc1. The number of sulfonamides is 1. The molecule has 0 spiro atoms. The van der Waals surface area contributed by atoms with Gasteiger partial charge in [0.05, 0.1) is 17.6 Å². The number of benzene rings is 2. The summed E-state index contributed by atoms with van der Waals surface area (Å²) in [4.78, 5) is 0.262. The van der Waals surface area contributed by atoms with Crippen LogP contribution in [0.3, 0.4) is 0 Å². The average molecular weight is 373 g/mol. The Kier molecular flexibility index (Phi) is 4.50. The van der Waals surface area contributed by atoms with Crippen LogP contribution in [0.25, 0.3) is 0 Å². The quantitative estimate of drug-likeness (QED) is 0.845. The molecule has 1 aliphatic heterocycles. The van der Waals surface area contributed by atoms with Crippen LogP contribution >= 0.6 is 0 Å². The first-order valence-corrected chi connectivity index (χ1v) is 10.4. The lowest BCUT2D eigenvalue weighted by atomic mass is 9.75. The van der Waals surface area contributed by atoms with Crippen molar-refractivity contribution in [3.05, 3.63) is 59.2 Å². The Morgan fingerprint density at radius 2 is 1.88 bits per heavy atom. The molecule has 2 N–H and O–H groups in total. The summed E-state index contributed by atoms with van der Waals surface area (Å²) in [7, 11) is -3.64. The highest BCUT2D eigenvalue weighted by Crippen LogP contribution is 2.40. The van der Waals surface area contributed by atoms with Crippen molar-refractivity contribution in [1.29, 1.82) is 0 Å². The third-order valence-electron chi connectivity index (χ3n) is 5.31. The molecule has 5 nitrogen and oxygen atoms in total. The predicted octanol–water partition coefficient (Wildman–Crippen LogP) is 2.72. The fourth-order valence-corrected chi connectivity index (χ4v) is 4.98. The van der Waals surface area contributed by atoms with Gasteiger partial charge in [-0.25, -0.2) is 13.1 Å². The normalized spacial score (nSPS) is 23.0. The highest BCUT2D eigenvalue weighted by molar-refractivity contribution is 7.89. The number of rotatable bonds is 5. The van der Waals surface area contributed by atoms with Crippen LogP contribution in [0.5, 0.6) is 5.75 Å². The molecule has 1 heterocycles. The minimum atomic E-state index is -3.64. The van der Waals surface area contributed by atoms with Crippen LogP contribution in [0.2, 0.25) is 0 Å². The number of ether oxygens (including phenoxy) is 1. The second-order valence-corrected chi connectivity index (χ2v) is 8.98. The Bertz CT molecular complexity index is 902. The highest BCUT2D eigenvalue weighted by Gasteiger charge is 2.37. The summed E-state index contributed by atoms with van der Waals surface area (Å²) in [6.07, 6.45) is 1.71. The van der Waals surface area contributed by atoms with Gasteiger partial charge in [-0.3, -0.25) is 0 Å². The van der Waals surface area contributed by atoms with E-state index in [1.165, 1.54) is 0 Å². The molecule has 2 aromatic rings. The van der Waals surface area contributed by atoms with Crippen molar-refractivity contribution in [3.8, 4) is 5.75 Å². The first kappa shape index (κ1) is 17.5. The molecule has 0 amide bonds. The van der Waals surface area contributed by atoms with Crippen LogP contribution < -0.4 is 9.46 Å². The second-order valence-electron chi connectivity index (χ2n) is 7.26. The zero-order chi connectivity index (χ0) is 18.3. The monoisotopic (exact) mass is 373 g/mol. The van der Waals surface area contributed by atoms with Crippen LogP contribution in [0, 0.1) is 12.8 Å². The third-order valence-corrected chi connectivity index (χ3v) is 6.76. The number of nitrogens with one attached hydrogen (secondary N) is 1. The summed E-state index contributed by atoms with van der Waals surface area (Å²) in [5, 5.41) is 9.72. The summed E-state index contributed by atoms with van der Waals surface area (Å²) in [5.41, 5.74) is 3.06. The van der Waals surface area contributed by atoms with Crippen molar-refractivity contribution in [2.45, 2.75) is 43.2 Å². The molecular weight excluding hydrogens is 350 g/mol. The molecule has 0 unspecified atom stereocenters. The number of hydrogen-bond acceptors (Lipinski definition) is 4. The van der Waals surface area contributed by atoms with Crippen LogP contribution in [0.15, 0.2) is 47.4 Å². The maximum Gasteiger partial charge on any atom is 0.241 e. The Morgan fingerprint density at radius 1 is 1.15 bits per heavy atom. The summed E-state index contributed by atoms with van der Waals surface area (Å²) in [6, 6.07) is 12.4. The van der Waals surface area contributed by atoms with E-state index in [-0.39, 0.29) is 23.0 Å². The first-order chi connectivity index (χ1) is 12.4. The van der Waals surface area contributed by atoms with Gasteiger partial charge in [0.15, 0.2) is 0 Å². The predicted molar refractivity (Wildman–Crippen MR) is 98.6 cm³/mol. The Balaban J connectivity index is 1.64. The van der Waals surface area contributed by atoms with E-state index in [1.54, 1.807) is 24.3 Å². The van der Waals surface area contributed by atoms with E-state index in [9.17, 15) is 13.5 Å². The maximum atomic E-state index is 12.9. The van der Waals surface area contributed by atoms with E-state index in [4.69, 9.17) is 4.74 Å². The molecule has 0 radical (unpaired) electrons. The van der Waals surface area contributed by atoms with Crippen molar-refractivity contribution in [1.82, 2.24) is 4.72 Å². The Hall–Kier alpha value is -1.89. The molecule has 2 aliphatic rings. The summed E-state index contributed by atoms with van der Waals surface area (Å²) < 4.78 is 34.2. The van der Waals surface area contributed by atoms with Gasteiger partial charge in [0, 0.05) is 12.5 Å². The zero-order valence-corrected chi connectivity index (χ0v) is 15.5.